The fourth-order valence-electron chi connectivity index (χ4n) is 1.82. The number of aromatic nitrogens is 3. The number of imidazole rings is 1. The summed E-state index contributed by atoms with van der Waals surface area (Å²) >= 11 is 3.31. The van der Waals surface area contributed by atoms with Gasteiger partial charge in [-0.15, -0.1) is 0 Å². The molecule has 1 unspecified atom stereocenters. The van der Waals surface area contributed by atoms with Crippen LogP contribution in [0.3, 0.4) is 0 Å². The van der Waals surface area contributed by atoms with Crippen LogP contribution < -0.4 is 0 Å². The topological polar surface area (TPSA) is 68.0 Å². The van der Waals surface area contributed by atoms with Crippen molar-refractivity contribution in [3.8, 4) is 0 Å². The zero-order valence-electron chi connectivity index (χ0n) is 9.46. The van der Waals surface area contributed by atoms with E-state index in [1.807, 2.05) is 19.9 Å². The maximum absolute atomic E-state index is 11.3. The van der Waals surface area contributed by atoms with Crippen LogP contribution in [0.2, 0.25) is 0 Å². The van der Waals surface area contributed by atoms with E-state index in [2.05, 4.69) is 25.9 Å². The number of pyridine rings is 1. The molecule has 2 aromatic rings. The van der Waals surface area contributed by atoms with Crippen LogP contribution in [-0.4, -0.2) is 25.6 Å². The molecule has 0 aliphatic carbocycles. The van der Waals surface area contributed by atoms with E-state index in [0.717, 1.165) is 4.47 Å². The maximum Gasteiger partial charge on any atom is 0.327 e. The van der Waals surface area contributed by atoms with Gasteiger partial charge in [-0.3, -0.25) is 0 Å². The Kier molecular flexibility index (Phi) is 3.15. The summed E-state index contributed by atoms with van der Waals surface area (Å²) in [5.41, 5.74) is 1.28. The van der Waals surface area contributed by atoms with Crippen LogP contribution in [0, 0.1) is 5.92 Å². The quantitative estimate of drug-likeness (QED) is 0.945. The first-order valence-corrected chi connectivity index (χ1v) is 6.01. The van der Waals surface area contributed by atoms with E-state index in [-0.39, 0.29) is 5.92 Å². The van der Waals surface area contributed by atoms with Gasteiger partial charge in [0.15, 0.2) is 5.65 Å². The highest BCUT2D eigenvalue weighted by atomic mass is 79.9. The van der Waals surface area contributed by atoms with Crippen molar-refractivity contribution in [1.82, 2.24) is 14.5 Å². The highest BCUT2D eigenvalue weighted by Crippen LogP contribution is 2.23. The molecule has 2 aromatic heterocycles. The highest BCUT2D eigenvalue weighted by Gasteiger charge is 2.25. The smallest absolute Gasteiger partial charge is 0.327 e. The van der Waals surface area contributed by atoms with E-state index in [0.29, 0.717) is 11.2 Å². The fourth-order valence-corrected chi connectivity index (χ4v) is 2.14. The first-order chi connectivity index (χ1) is 8.00. The molecule has 2 rings (SSSR count). The van der Waals surface area contributed by atoms with Crippen molar-refractivity contribution in [2.24, 2.45) is 5.92 Å². The number of aliphatic carboxylic acids is 1. The van der Waals surface area contributed by atoms with Gasteiger partial charge in [0, 0.05) is 10.7 Å². The minimum absolute atomic E-state index is 0.0321. The van der Waals surface area contributed by atoms with Gasteiger partial charge in [0.2, 0.25) is 0 Å². The summed E-state index contributed by atoms with van der Waals surface area (Å²) in [6.07, 6.45) is 3.17. The Morgan fingerprint density at radius 2 is 2.18 bits per heavy atom. The molecule has 0 bridgehead atoms. The minimum atomic E-state index is -0.871. The number of nitrogens with zero attached hydrogens (tertiary/aromatic N) is 3. The van der Waals surface area contributed by atoms with Crippen LogP contribution in [0.4, 0.5) is 0 Å². The number of hydrogen-bond donors (Lipinski definition) is 1. The summed E-state index contributed by atoms with van der Waals surface area (Å²) in [6.45, 7) is 3.73. The van der Waals surface area contributed by atoms with Crippen molar-refractivity contribution in [3.63, 3.8) is 0 Å². The standard InChI is InChI=1S/C11H12BrN3O2/c1-6(2)9(11(16)17)15-5-14-8-3-7(12)4-13-10(8)15/h3-6,9H,1-2H3,(H,16,17). The molecule has 0 saturated heterocycles. The molecule has 6 heteroatoms. The van der Waals surface area contributed by atoms with Crippen LogP contribution in [0.25, 0.3) is 11.2 Å². The summed E-state index contributed by atoms with van der Waals surface area (Å²) in [7, 11) is 0. The summed E-state index contributed by atoms with van der Waals surface area (Å²) in [5, 5.41) is 9.24. The van der Waals surface area contributed by atoms with Crippen molar-refractivity contribution in [1.29, 1.82) is 0 Å². The Morgan fingerprint density at radius 3 is 2.76 bits per heavy atom. The average molecular weight is 298 g/mol. The molecule has 1 atom stereocenters. The van der Waals surface area contributed by atoms with Gasteiger partial charge in [-0.05, 0) is 27.9 Å². The third-order valence-corrected chi connectivity index (χ3v) is 3.00. The SMILES string of the molecule is CC(C)C(C(=O)O)n1cnc2cc(Br)cnc21. The first-order valence-electron chi connectivity index (χ1n) is 5.21. The van der Waals surface area contributed by atoms with E-state index in [9.17, 15) is 9.90 Å². The van der Waals surface area contributed by atoms with E-state index in [1.54, 1.807) is 10.8 Å². The van der Waals surface area contributed by atoms with E-state index >= 15 is 0 Å². The predicted octanol–water partition coefficient (Wildman–Crippen LogP) is 2.48. The zero-order chi connectivity index (χ0) is 12.6. The second kappa shape index (κ2) is 4.44. The van der Waals surface area contributed by atoms with Crippen molar-refractivity contribution in [3.05, 3.63) is 23.1 Å². The van der Waals surface area contributed by atoms with Gasteiger partial charge >= 0.3 is 5.97 Å². The average Bonchev–Trinajstić information content (AvgIpc) is 2.60. The Balaban J connectivity index is 2.58. The second-order valence-electron chi connectivity index (χ2n) is 4.18. The molecule has 0 saturated carbocycles. The van der Waals surface area contributed by atoms with Gasteiger partial charge in [0.25, 0.3) is 0 Å². The summed E-state index contributed by atoms with van der Waals surface area (Å²) < 4.78 is 2.43. The van der Waals surface area contributed by atoms with Gasteiger partial charge in [-0.2, -0.15) is 0 Å². The van der Waals surface area contributed by atoms with E-state index < -0.39 is 12.0 Å². The molecule has 5 nitrogen and oxygen atoms in total. The lowest BCUT2D eigenvalue weighted by Gasteiger charge is -2.17. The minimum Gasteiger partial charge on any atom is -0.480 e. The molecule has 2 heterocycles. The molecular weight excluding hydrogens is 286 g/mol. The number of carboxylic acids is 1. The molecule has 0 fully saturated rings. The van der Waals surface area contributed by atoms with Crippen molar-refractivity contribution in [2.75, 3.05) is 0 Å². The number of carbonyl (C=O) groups is 1. The van der Waals surface area contributed by atoms with Crippen molar-refractivity contribution in [2.45, 2.75) is 19.9 Å². The molecule has 0 aliphatic rings. The second-order valence-corrected chi connectivity index (χ2v) is 5.09. The van der Waals surface area contributed by atoms with Gasteiger partial charge in [-0.1, -0.05) is 13.8 Å². The number of halogens is 1. The number of rotatable bonds is 3. The maximum atomic E-state index is 11.3. The Hall–Kier alpha value is -1.43. The lowest BCUT2D eigenvalue weighted by atomic mass is 10.0. The van der Waals surface area contributed by atoms with Crippen LogP contribution >= 0.6 is 15.9 Å². The van der Waals surface area contributed by atoms with E-state index in [4.69, 9.17) is 0 Å². The van der Waals surface area contributed by atoms with Gasteiger partial charge in [0.05, 0.1) is 6.33 Å². The summed E-state index contributed by atoms with van der Waals surface area (Å²) in [6, 6.07) is 1.17. The van der Waals surface area contributed by atoms with Crippen LogP contribution in [0.1, 0.15) is 19.9 Å². The Bertz CT molecular complexity index is 565. The molecule has 17 heavy (non-hydrogen) atoms. The van der Waals surface area contributed by atoms with Crippen molar-refractivity contribution >= 4 is 33.1 Å². The summed E-state index contributed by atoms with van der Waals surface area (Å²) in [5.74, 6) is -0.903. The first kappa shape index (κ1) is 12.0. The van der Waals surface area contributed by atoms with Crippen molar-refractivity contribution < 1.29 is 9.90 Å². The Labute approximate surface area is 107 Å². The molecule has 90 valence electrons. The van der Waals surface area contributed by atoms with Crippen LogP contribution in [0.5, 0.6) is 0 Å². The number of carboxylic acid groups (broad SMARTS) is 1. The van der Waals surface area contributed by atoms with Crippen LogP contribution in [0.15, 0.2) is 23.1 Å². The Morgan fingerprint density at radius 1 is 1.47 bits per heavy atom. The molecule has 0 radical (unpaired) electrons. The molecule has 0 aromatic carbocycles. The third-order valence-electron chi connectivity index (χ3n) is 2.56. The molecule has 0 spiro atoms. The molecule has 0 amide bonds. The van der Waals surface area contributed by atoms with Crippen LogP contribution in [-0.2, 0) is 4.79 Å². The predicted molar refractivity (Wildman–Crippen MR) is 66.7 cm³/mol. The largest absolute Gasteiger partial charge is 0.480 e. The number of fused-ring (bicyclic) bond motifs is 1. The lowest BCUT2D eigenvalue weighted by molar-refractivity contribution is -0.142. The monoisotopic (exact) mass is 297 g/mol. The zero-order valence-corrected chi connectivity index (χ0v) is 11.0. The van der Waals surface area contributed by atoms with Gasteiger partial charge in [0.1, 0.15) is 11.6 Å². The highest BCUT2D eigenvalue weighted by molar-refractivity contribution is 9.10. The van der Waals surface area contributed by atoms with Gasteiger partial charge in [-0.25, -0.2) is 14.8 Å². The lowest BCUT2D eigenvalue weighted by Crippen LogP contribution is -2.23. The van der Waals surface area contributed by atoms with E-state index in [1.165, 1.54) is 6.33 Å². The fraction of sp³-hybridized carbons (Fsp3) is 0.364. The van der Waals surface area contributed by atoms with Gasteiger partial charge < -0.3 is 9.67 Å². The number of hydrogen-bond acceptors (Lipinski definition) is 3. The normalized spacial score (nSPS) is 13.2. The molecular formula is C11H12BrN3O2. The molecule has 0 aliphatic heterocycles. The molecule has 1 N–H and O–H groups in total. The third kappa shape index (κ3) is 2.17. The summed E-state index contributed by atoms with van der Waals surface area (Å²) in [4.78, 5) is 19.7.